The molecule has 0 aromatic rings. The lowest BCUT2D eigenvalue weighted by Crippen LogP contribution is -2.52. The summed E-state index contributed by atoms with van der Waals surface area (Å²) in [7, 11) is 0. The van der Waals surface area contributed by atoms with E-state index in [1.165, 1.54) is 0 Å². The first-order valence-electron chi connectivity index (χ1n) is 7.54. The molecular formula is C15H28N2O3S. The second-order valence-corrected chi connectivity index (χ2v) is 7.81. The van der Waals surface area contributed by atoms with Crippen LogP contribution in [0.2, 0.25) is 0 Å². The van der Waals surface area contributed by atoms with Gasteiger partial charge in [0.2, 0.25) is 5.91 Å². The maximum absolute atomic E-state index is 12.4. The fraction of sp³-hybridized carbons (Fsp3) is 0.867. The first-order valence-corrected chi connectivity index (χ1v) is 8.69. The highest BCUT2D eigenvalue weighted by molar-refractivity contribution is 7.99. The molecule has 1 amide bonds. The van der Waals surface area contributed by atoms with Gasteiger partial charge in [0, 0.05) is 30.5 Å². The van der Waals surface area contributed by atoms with Gasteiger partial charge in [0.1, 0.15) is 6.04 Å². The van der Waals surface area contributed by atoms with Crippen molar-refractivity contribution in [3.63, 3.8) is 0 Å². The standard InChI is InChI=1S/C15H28N2O3S/c1-5-20-14(19)12-10-21-7-6-17(12)13(18)8-11(16)9-15(2,3)4/h11-12H,5-10,16H2,1-4H3. The molecule has 2 N–H and O–H groups in total. The van der Waals surface area contributed by atoms with Gasteiger partial charge < -0.3 is 15.4 Å². The molecule has 0 spiro atoms. The van der Waals surface area contributed by atoms with Crippen molar-refractivity contribution in [3.8, 4) is 0 Å². The van der Waals surface area contributed by atoms with E-state index in [2.05, 4.69) is 20.8 Å². The Hall–Kier alpha value is -0.750. The minimum Gasteiger partial charge on any atom is -0.464 e. The summed E-state index contributed by atoms with van der Waals surface area (Å²) in [5.74, 6) is 1.13. The van der Waals surface area contributed by atoms with Crippen molar-refractivity contribution in [2.75, 3.05) is 24.7 Å². The Morgan fingerprint density at radius 2 is 2.10 bits per heavy atom. The van der Waals surface area contributed by atoms with E-state index < -0.39 is 6.04 Å². The first kappa shape index (κ1) is 18.3. The van der Waals surface area contributed by atoms with Crippen molar-refractivity contribution in [2.24, 2.45) is 11.1 Å². The van der Waals surface area contributed by atoms with Gasteiger partial charge >= 0.3 is 5.97 Å². The van der Waals surface area contributed by atoms with Crippen LogP contribution in [0.3, 0.4) is 0 Å². The molecular weight excluding hydrogens is 288 g/mol. The van der Waals surface area contributed by atoms with Crippen LogP contribution in [0.5, 0.6) is 0 Å². The third-order valence-corrected chi connectivity index (χ3v) is 4.34. The van der Waals surface area contributed by atoms with E-state index in [1.807, 2.05) is 0 Å². The van der Waals surface area contributed by atoms with Gasteiger partial charge in [-0.1, -0.05) is 20.8 Å². The van der Waals surface area contributed by atoms with Gasteiger partial charge in [0.25, 0.3) is 0 Å². The lowest BCUT2D eigenvalue weighted by Gasteiger charge is -2.34. The summed E-state index contributed by atoms with van der Waals surface area (Å²) in [5, 5.41) is 0. The Morgan fingerprint density at radius 3 is 2.67 bits per heavy atom. The second-order valence-electron chi connectivity index (χ2n) is 6.66. The molecule has 122 valence electrons. The van der Waals surface area contributed by atoms with Crippen LogP contribution in [0.1, 0.15) is 40.5 Å². The fourth-order valence-electron chi connectivity index (χ4n) is 2.54. The number of rotatable bonds is 5. The molecule has 0 aromatic heterocycles. The Morgan fingerprint density at radius 1 is 1.43 bits per heavy atom. The van der Waals surface area contributed by atoms with Gasteiger partial charge in [-0.25, -0.2) is 4.79 Å². The van der Waals surface area contributed by atoms with Crippen LogP contribution in [-0.2, 0) is 14.3 Å². The van der Waals surface area contributed by atoms with Crippen LogP contribution in [0.15, 0.2) is 0 Å². The van der Waals surface area contributed by atoms with E-state index in [0.29, 0.717) is 18.9 Å². The van der Waals surface area contributed by atoms with Gasteiger partial charge in [-0.2, -0.15) is 11.8 Å². The number of thioether (sulfide) groups is 1. The van der Waals surface area contributed by atoms with Crippen LogP contribution >= 0.6 is 11.8 Å². The highest BCUT2D eigenvalue weighted by Crippen LogP contribution is 2.23. The topological polar surface area (TPSA) is 72.6 Å². The second kappa shape index (κ2) is 8.03. The van der Waals surface area contributed by atoms with E-state index in [4.69, 9.17) is 10.5 Å². The highest BCUT2D eigenvalue weighted by atomic mass is 32.2. The van der Waals surface area contributed by atoms with Crippen molar-refractivity contribution < 1.29 is 14.3 Å². The van der Waals surface area contributed by atoms with Gasteiger partial charge in [-0.3, -0.25) is 4.79 Å². The molecule has 1 rings (SSSR count). The summed E-state index contributed by atoms with van der Waals surface area (Å²) in [6, 6.07) is -0.632. The summed E-state index contributed by atoms with van der Waals surface area (Å²) in [5.41, 5.74) is 6.17. The smallest absolute Gasteiger partial charge is 0.329 e. The zero-order chi connectivity index (χ0) is 16.0. The average Bonchev–Trinajstić information content (AvgIpc) is 2.36. The zero-order valence-electron chi connectivity index (χ0n) is 13.6. The SMILES string of the molecule is CCOC(=O)C1CSCCN1C(=O)CC(N)CC(C)(C)C. The number of hydrogen-bond donors (Lipinski definition) is 1. The summed E-state index contributed by atoms with van der Waals surface area (Å²) >= 11 is 1.68. The zero-order valence-corrected chi connectivity index (χ0v) is 14.4. The van der Waals surface area contributed by atoms with Gasteiger partial charge in [0.15, 0.2) is 0 Å². The number of ether oxygens (including phenoxy) is 1. The molecule has 0 bridgehead atoms. The third kappa shape index (κ3) is 6.26. The lowest BCUT2D eigenvalue weighted by atomic mass is 9.87. The molecule has 1 aliphatic rings. The highest BCUT2D eigenvalue weighted by Gasteiger charge is 2.34. The Kier molecular flexibility index (Phi) is 7.00. The third-order valence-electron chi connectivity index (χ3n) is 3.32. The van der Waals surface area contributed by atoms with Crippen molar-refractivity contribution in [2.45, 2.75) is 52.6 Å². The van der Waals surface area contributed by atoms with Crippen molar-refractivity contribution >= 4 is 23.6 Å². The predicted molar refractivity (Wildman–Crippen MR) is 86.1 cm³/mol. The molecule has 1 fully saturated rings. The monoisotopic (exact) mass is 316 g/mol. The van der Waals surface area contributed by atoms with Crippen molar-refractivity contribution in [1.82, 2.24) is 4.90 Å². The van der Waals surface area contributed by atoms with Crippen LogP contribution < -0.4 is 5.73 Å². The van der Waals surface area contributed by atoms with E-state index in [-0.39, 0.29) is 29.8 Å². The largest absolute Gasteiger partial charge is 0.464 e. The summed E-state index contributed by atoms with van der Waals surface area (Å²) in [6.45, 7) is 9.03. The van der Waals surface area contributed by atoms with Crippen LogP contribution in [0, 0.1) is 5.41 Å². The quantitative estimate of drug-likeness (QED) is 0.781. The molecule has 1 heterocycles. The molecule has 5 nitrogen and oxygen atoms in total. The predicted octanol–water partition coefficient (Wildman–Crippen LogP) is 1.65. The number of carbonyl (C=O) groups excluding carboxylic acids is 2. The number of carbonyl (C=O) groups is 2. The van der Waals surface area contributed by atoms with E-state index in [1.54, 1.807) is 23.6 Å². The Labute approximate surface area is 132 Å². The molecule has 2 unspecified atom stereocenters. The minimum absolute atomic E-state index is 0.0369. The molecule has 21 heavy (non-hydrogen) atoms. The normalized spacial score (nSPS) is 21.0. The minimum atomic E-state index is -0.460. The Bertz CT molecular complexity index is 368. The van der Waals surface area contributed by atoms with E-state index in [0.717, 1.165) is 12.2 Å². The maximum Gasteiger partial charge on any atom is 0.329 e. The van der Waals surface area contributed by atoms with Crippen molar-refractivity contribution in [1.29, 1.82) is 0 Å². The number of esters is 1. The summed E-state index contributed by atoms with van der Waals surface area (Å²) < 4.78 is 5.07. The number of nitrogens with two attached hydrogens (primary N) is 1. The van der Waals surface area contributed by atoms with Gasteiger partial charge in [0.05, 0.1) is 6.61 Å². The summed E-state index contributed by atoms with van der Waals surface area (Å²) in [4.78, 5) is 26.1. The Balaban J connectivity index is 2.62. The molecule has 2 atom stereocenters. The molecule has 0 aromatic carbocycles. The molecule has 0 aliphatic carbocycles. The van der Waals surface area contributed by atoms with E-state index >= 15 is 0 Å². The molecule has 6 heteroatoms. The van der Waals surface area contributed by atoms with Crippen LogP contribution in [-0.4, -0.2) is 53.5 Å². The molecule has 1 saturated heterocycles. The van der Waals surface area contributed by atoms with Gasteiger partial charge in [-0.05, 0) is 18.8 Å². The van der Waals surface area contributed by atoms with Crippen molar-refractivity contribution in [3.05, 3.63) is 0 Å². The first-order chi connectivity index (χ1) is 9.74. The average molecular weight is 316 g/mol. The maximum atomic E-state index is 12.4. The molecule has 0 saturated carbocycles. The lowest BCUT2D eigenvalue weighted by molar-refractivity contribution is -0.154. The van der Waals surface area contributed by atoms with E-state index in [9.17, 15) is 9.59 Å². The fourth-order valence-corrected chi connectivity index (χ4v) is 3.57. The number of hydrogen-bond acceptors (Lipinski definition) is 5. The molecule has 0 radical (unpaired) electrons. The number of nitrogens with zero attached hydrogens (tertiary/aromatic N) is 1. The van der Waals surface area contributed by atoms with Gasteiger partial charge in [-0.15, -0.1) is 0 Å². The summed E-state index contributed by atoms with van der Waals surface area (Å²) in [6.07, 6.45) is 1.07. The van der Waals surface area contributed by atoms with Crippen LogP contribution in [0.25, 0.3) is 0 Å². The number of amides is 1. The van der Waals surface area contributed by atoms with Crippen LogP contribution in [0.4, 0.5) is 0 Å². The molecule has 1 aliphatic heterocycles.